The normalized spacial score (nSPS) is 24.2. The lowest BCUT2D eigenvalue weighted by Crippen LogP contribution is -2.41. The fourth-order valence-corrected chi connectivity index (χ4v) is 3.63. The van der Waals surface area contributed by atoms with E-state index in [0.717, 1.165) is 16.7 Å². The molecule has 0 spiro atoms. The van der Waals surface area contributed by atoms with Crippen LogP contribution in [0.4, 0.5) is 5.82 Å². The largest absolute Gasteiger partial charge is 0.368 e. The highest BCUT2D eigenvalue weighted by Crippen LogP contribution is 2.23. The molecular formula is C19H27N5O. The fourth-order valence-electron chi connectivity index (χ4n) is 3.63. The molecule has 1 fully saturated rings. The molecule has 3 rings (SSSR count). The van der Waals surface area contributed by atoms with Crippen molar-refractivity contribution in [3.63, 3.8) is 0 Å². The lowest BCUT2D eigenvalue weighted by atomic mass is 9.84. The number of pyridine rings is 1. The maximum atomic E-state index is 12.4. The van der Waals surface area contributed by atoms with Crippen molar-refractivity contribution in [1.82, 2.24) is 21.2 Å². The summed E-state index contributed by atoms with van der Waals surface area (Å²) in [5, 5.41) is 7.41. The number of hydrogen-bond donors (Lipinski definition) is 4. The highest BCUT2D eigenvalue weighted by molar-refractivity contribution is 5.80. The van der Waals surface area contributed by atoms with E-state index in [9.17, 15) is 4.79 Å². The van der Waals surface area contributed by atoms with Crippen molar-refractivity contribution in [1.29, 1.82) is 0 Å². The smallest absolute Gasteiger partial charge is 0.223 e. The molecule has 3 atom stereocenters. The summed E-state index contributed by atoms with van der Waals surface area (Å²) in [7, 11) is 0. The number of rotatable bonds is 6. The van der Waals surface area contributed by atoms with Gasteiger partial charge in [0, 0.05) is 42.4 Å². The third kappa shape index (κ3) is 4.08. The van der Waals surface area contributed by atoms with Crippen molar-refractivity contribution in [2.75, 3.05) is 18.4 Å². The molecule has 2 aromatic rings. The lowest BCUT2D eigenvalue weighted by molar-refractivity contribution is -0.126. The van der Waals surface area contributed by atoms with Crippen molar-refractivity contribution in [3.8, 4) is 0 Å². The van der Waals surface area contributed by atoms with Crippen LogP contribution in [-0.4, -0.2) is 36.1 Å². The van der Waals surface area contributed by atoms with E-state index in [4.69, 9.17) is 0 Å². The predicted octanol–water partition coefficient (Wildman–Crippen LogP) is 1.90. The number of fused-ring (bicyclic) bond motifs is 1. The van der Waals surface area contributed by atoms with Gasteiger partial charge < -0.3 is 10.6 Å². The van der Waals surface area contributed by atoms with Crippen LogP contribution < -0.4 is 21.5 Å². The van der Waals surface area contributed by atoms with Gasteiger partial charge in [-0.2, -0.15) is 0 Å². The van der Waals surface area contributed by atoms with Gasteiger partial charge in [0.25, 0.3) is 0 Å². The van der Waals surface area contributed by atoms with Crippen LogP contribution in [0.15, 0.2) is 36.4 Å². The molecule has 6 nitrogen and oxygen atoms in total. The summed E-state index contributed by atoms with van der Waals surface area (Å²) in [5.41, 5.74) is 7.38. The molecule has 4 N–H and O–H groups in total. The lowest BCUT2D eigenvalue weighted by Gasteiger charge is -2.24. The van der Waals surface area contributed by atoms with Crippen LogP contribution in [0, 0.1) is 11.8 Å². The summed E-state index contributed by atoms with van der Waals surface area (Å²) < 4.78 is 0. The van der Waals surface area contributed by atoms with Crippen LogP contribution >= 0.6 is 0 Å². The molecule has 6 heteroatoms. The van der Waals surface area contributed by atoms with Gasteiger partial charge in [-0.3, -0.25) is 15.6 Å². The Bertz CT molecular complexity index is 725. The van der Waals surface area contributed by atoms with E-state index >= 15 is 0 Å². The molecular weight excluding hydrogens is 314 g/mol. The maximum absolute atomic E-state index is 12.4. The van der Waals surface area contributed by atoms with Crippen molar-refractivity contribution in [3.05, 3.63) is 36.4 Å². The molecule has 0 radical (unpaired) electrons. The van der Waals surface area contributed by atoms with Gasteiger partial charge in [0.15, 0.2) is 0 Å². The Hall–Kier alpha value is -2.18. The first-order valence-corrected chi connectivity index (χ1v) is 8.94. The average molecular weight is 341 g/mol. The Labute approximate surface area is 148 Å². The Morgan fingerprint density at radius 2 is 1.84 bits per heavy atom. The van der Waals surface area contributed by atoms with E-state index in [1.807, 2.05) is 43.3 Å². The monoisotopic (exact) mass is 341 g/mol. The molecule has 1 aromatic carbocycles. The van der Waals surface area contributed by atoms with Crippen LogP contribution in [0.2, 0.25) is 0 Å². The first kappa shape index (κ1) is 17.6. The number of carbonyl (C=O) groups excluding carboxylic acids is 1. The number of benzene rings is 1. The zero-order valence-electron chi connectivity index (χ0n) is 15.0. The van der Waals surface area contributed by atoms with Crippen LogP contribution in [0.25, 0.3) is 10.9 Å². The van der Waals surface area contributed by atoms with Gasteiger partial charge in [0.05, 0.1) is 5.52 Å². The summed E-state index contributed by atoms with van der Waals surface area (Å²) in [6.45, 7) is 7.44. The van der Waals surface area contributed by atoms with Gasteiger partial charge >= 0.3 is 0 Å². The molecule has 25 heavy (non-hydrogen) atoms. The van der Waals surface area contributed by atoms with Crippen molar-refractivity contribution in [2.24, 2.45) is 11.8 Å². The first-order valence-electron chi connectivity index (χ1n) is 8.94. The number of nitrogens with one attached hydrogen (secondary N) is 4. The topological polar surface area (TPSA) is 78.1 Å². The number of hydrogen-bond acceptors (Lipinski definition) is 5. The van der Waals surface area contributed by atoms with E-state index in [-0.39, 0.29) is 29.8 Å². The van der Waals surface area contributed by atoms with Gasteiger partial charge in [0.2, 0.25) is 5.91 Å². The molecule has 1 aromatic heterocycles. The Balaban J connectivity index is 1.46. The number of anilines is 1. The zero-order valence-corrected chi connectivity index (χ0v) is 15.0. The van der Waals surface area contributed by atoms with Crippen LogP contribution in [0.3, 0.4) is 0 Å². The quantitative estimate of drug-likeness (QED) is 0.604. The summed E-state index contributed by atoms with van der Waals surface area (Å²) >= 11 is 0. The summed E-state index contributed by atoms with van der Waals surface area (Å²) in [4.78, 5) is 17.0. The summed E-state index contributed by atoms with van der Waals surface area (Å²) in [6, 6.07) is 12.6. The third-order valence-electron chi connectivity index (χ3n) is 5.01. The van der Waals surface area contributed by atoms with Crippen LogP contribution in [0.1, 0.15) is 20.8 Å². The van der Waals surface area contributed by atoms with Gasteiger partial charge in [-0.25, -0.2) is 4.98 Å². The van der Waals surface area contributed by atoms with Gasteiger partial charge in [0.1, 0.15) is 5.82 Å². The van der Waals surface area contributed by atoms with Crippen molar-refractivity contribution >= 4 is 22.6 Å². The predicted molar refractivity (Wildman–Crippen MR) is 101 cm³/mol. The second kappa shape index (κ2) is 7.80. The number of hydrazine groups is 1. The SMILES string of the molecule is CC1NNC(C)C1C(C)C(=O)NCCNc1ccc2ccccc2n1. The highest BCUT2D eigenvalue weighted by Gasteiger charge is 2.37. The minimum atomic E-state index is -0.0358. The number of amides is 1. The molecule has 2 heterocycles. The molecule has 1 saturated heterocycles. The Kier molecular flexibility index (Phi) is 5.50. The molecule has 1 amide bonds. The third-order valence-corrected chi connectivity index (χ3v) is 5.01. The van der Waals surface area contributed by atoms with E-state index < -0.39 is 0 Å². The second-order valence-corrected chi connectivity index (χ2v) is 6.84. The Morgan fingerprint density at radius 1 is 1.12 bits per heavy atom. The first-order chi connectivity index (χ1) is 12.1. The van der Waals surface area contributed by atoms with Crippen molar-refractivity contribution in [2.45, 2.75) is 32.9 Å². The summed E-state index contributed by atoms with van der Waals surface area (Å²) in [6.07, 6.45) is 0. The van der Waals surface area contributed by atoms with Crippen LogP contribution in [0.5, 0.6) is 0 Å². The minimum absolute atomic E-state index is 0.0358. The second-order valence-electron chi connectivity index (χ2n) is 6.84. The minimum Gasteiger partial charge on any atom is -0.368 e. The molecule has 1 aliphatic heterocycles. The number of aromatic nitrogens is 1. The molecule has 0 bridgehead atoms. The van der Waals surface area contributed by atoms with E-state index in [0.29, 0.717) is 13.1 Å². The van der Waals surface area contributed by atoms with E-state index in [1.54, 1.807) is 0 Å². The highest BCUT2D eigenvalue weighted by atomic mass is 16.1. The molecule has 1 aliphatic rings. The van der Waals surface area contributed by atoms with Gasteiger partial charge in [-0.15, -0.1) is 0 Å². The fraction of sp³-hybridized carbons (Fsp3) is 0.474. The summed E-state index contributed by atoms with van der Waals surface area (Å²) in [5.74, 6) is 1.18. The van der Waals surface area contributed by atoms with Crippen molar-refractivity contribution < 1.29 is 4.79 Å². The Morgan fingerprint density at radius 3 is 2.60 bits per heavy atom. The van der Waals surface area contributed by atoms with Gasteiger partial charge in [-0.05, 0) is 32.0 Å². The maximum Gasteiger partial charge on any atom is 0.223 e. The molecule has 0 aliphatic carbocycles. The number of carbonyl (C=O) groups is 1. The number of para-hydroxylation sites is 1. The van der Waals surface area contributed by atoms with E-state index in [1.165, 1.54) is 0 Å². The van der Waals surface area contributed by atoms with Gasteiger partial charge in [-0.1, -0.05) is 25.1 Å². The molecule has 3 unspecified atom stereocenters. The van der Waals surface area contributed by atoms with E-state index in [2.05, 4.69) is 40.3 Å². The molecule has 134 valence electrons. The molecule has 0 saturated carbocycles. The number of nitrogens with zero attached hydrogens (tertiary/aromatic N) is 1. The zero-order chi connectivity index (χ0) is 17.8. The standard InChI is InChI=1S/C19H27N5O/c1-12(18-13(2)23-24-14(18)3)19(25)21-11-10-20-17-9-8-15-6-4-5-7-16(15)22-17/h4-9,12-14,18,23-24H,10-11H2,1-3H3,(H,20,22)(H,21,25). The average Bonchev–Trinajstić information content (AvgIpc) is 2.96. The van der Waals surface area contributed by atoms with Crippen LogP contribution in [-0.2, 0) is 4.79 Å².